The van der Waals surface area contributed by atoms with Crippen LogP contribution in [0.1, 0.15) is 38.9 Å². The van der Waals surface area contributed by atoms with E-state index in [2.05, 4.69) is 29.1 Å². The number of H-pyrrole nitrogens is 1. The Balaban J connectivity index is 2.49. The number of aromatic nitrogens is 4. The highest BCUT2D eigenvalue weighted by Gasteiger charge is 2.17. The lowest BCUT2D eigenvalue weighted by atomic mass is 10.3. The van der Waals surface area contributed by atoms with Crippen LogP contribution in [0.3, 0.4) is 0 Å². The standard InChI is InChI=1S/C16H27N5O3/c1-4-6-9-21-14-13(15(22)19-16(21)23)20(8-5-2)12(18-14)11-17-7-10-24-3/h17H,4-11H2,1-3H3,(H,19,22,23). The molecule has 2 rings (SSSR count). The molecule has 2 heterocycles. The molecule has 0 aromatic carbocycles. The lowest BCUT2D eigenvalue weighted by Crippen LogP contribution is -2.31. The number of aryl methyl sites for hydroxylation is 2. The third-order valence-corrected chi connectivity index (χ3v) is 3.91. The first-order chi connectivity index (χ1) is 11.6. The van der Waals surface area contributed by atoms with Gasteiger partial charge in [0.15, 0.2) is 11.2 Å². The molecule has 0 atom stereocenters. The molecule has 24 heavy (non-hydrogen) atoms. The van der Waals surface area contributed by atoms with Crippen LogP contribution in [0.2, 0.25) is 0 Å². The molecule has 0 aliphatic rings. The van der Waals surface area contributed by atoms with Crippen LogP contribution < -0.4 is 16.6 Å². The average molecular weight is 337 g/mol. The molecule has 134 valence electrons. The molecule has 0 aliphatic heterocycles. The van der Waals surface area contributed by atoms with Gasteiger partial charge in [0.05, 0.1) is 13.2 Å². The molecule has 2 aromatic rings. The monoisotopic (exact) mass is 337 g/mol. The van der Waals surface area contributed by atoms with E-state index >= 15 is 0 Å². The number of imidazole rings is 1. The summed E-state index contributed by atoms with van der Waals surface area (Å²) in [5.41, 5.74) is 0.207. The zero-order valence-corrected chi connectivity index (χ0v) is 14.7. The summed E-state index contributed by atoms with van der Waals surface area (Å²) in [5, 5.41) is 3.25. The van der Waals surface area contributed by atoms with Gasteiger partial charge in [-0.2, -0.15) is 0 Å². The minimum atomic E-state index is -0.388. The van der Waals surface area contributed by atoms with Gasteiger partial charge >= 0.3 is 5.69 Å². The number of aromatic amines is 1. The minimum absolute atomic E-state index is 0.369. The van der Waals surface area contributed by atoms with E-state index < -0.39 is 0 Å². The van der Waals surface area contributed by atoms with Crippen LogP contribution in [-0.4, -0.2) is 39.4 Å². The van der Waals surface area contributed by atoms with E-state index in [4.69, 9.17) is 4.74 Å². The summed E-state index contributed by atoms with van der Waals surface area (Å²) in [5.74, 6) is 0.768. The molecule has 8 nitrogen and oxygen atoms in total. The van der Waals surface area contributed by atoms with E-state index in [1.165, 1.54) is 0 Å². The van der Waals surface area contributed by atoms with Gasteiger partial charge < -0.3 is 14.6 Å². The van der Waals surface area contributed by atoms with Crippen molar-refractivity contribution in [1.29, 1.82) is 0 Å². The molecule has 0 aliphatic carbocycles. The lowest BCUT2D eigenvalue weighted by molar-refractivity contribution is 0.199. The Morgan fingerprint density at radius 3 is 2.62 bits per heavy atom. The Bertz CT molecular complexity index is 774. The molecule has 8 heteroatoms. The molecule has 0 spiro atoms. The molecule has 2 aromatic heterocycles. The minimum Gasteiger partial charge on any atom is -0.383 e. The van der Waals surface area contributed by atoms with Gasteiger partial charge in [0.2, 0.25) is 0 Å². The van der Waals surface area contributed by atoms with Crippen LogP contribution in [0.15, 0.2) is 9.59 Å². The number of hydrogen-bond donors (Lipinski definition) is 2. The molecule has 0 saturated carbocycles. The maximum atomic E-state index is 12.3. The van der Waals surface area contributed by atoms with Gasteiger partial charge in [-0.05, 0) is 12.8 Å². The Kier molecular flexibility index (Phi) is 6.74. The van der Waals surface area contributed by atoms with Crippen molar-refractivity contribution in [3.05, 3.63) is 26.7 Å². The predicted molar refractivity (Wildman–Crippen MR) is 93.4 cm³/mol. The lowest BCUT2D eigenvalue weighted by Gasteiger charge is -2.08. The van der Waals surface area contributed by atoms with Crippen LogP contribution >= 0.6 is 0 Å². The van der Waals surface area contributed by atoms with Crippen molar-refractivity contribution in [2.75, 3.05) is 20.3 Å². The summed E-state index contributed by atoms with van der Waals surface area (Å²) in [7, 11) is 1.65. The van der Waals surface area contributed by atoms with Crippen LogP contribution in [0.25, 0.3) is 11.2 Å². The van der Waals surface area contributed by atoms with Gasteiger partial charge in [-0.15, -0.1) is 0 Å². The number of rotatable bonds is 10. The molecular weight excluding hydrogens is 310 g/mol. The zero-order valence-electron chi connectivity index (χ0n) is 14.7. The molecular formula is C16H27N5O3. The average Bonchev–Trinajstić information content (AvgIpc) is 2.91. The van der Waals surface area contributed by atoms with Crippen LogP contribution in [-0.2, 0) is 24.4 Å². The van der Waals surface area contributed by atoms with Crippen LogP contribution in [0, 0.1) is 0 Å². The van der Waals surface area contributed by atoms with Gasteiger partial charge in [0, 0.05) is 26.7 Å². The highest BCUT2D eigenvalue weighted by Crippen LogP contribution is 2.13. The first kappa shape index (κ1) is 18.4. The second-order valence-corrected chi connectivity index (χ2v) is 5.79. The predicted octanol–water partition coefficient (Wildman–Crippen LogP) is 0.832. The number of unbranched alkanes of at least 4 members (excludes halogenated alkanes) is 1. The molecule has 0 unspecified atom stereocenters. The van der Waals surface area contributed by atoms with Crippen molar-refractivity contribution in [3.8, 4) is 0 Å². The van der Waals surface area contributed by atoms with Crippen molar-refractivity contribution in [2.45, 2.75) is 52.7 Å². The first-order valence-corrected chi connectivity index (χ1v) is 8.55. The van der Waals surface area contributed by atoms with Crippen molar-refractivity contribution in [1.82, 2.24) is 24.4 Å². The fraction of sp³-hybridized carbons (Fsp3) is 0.688. The van der Waals surface area contributed by atoms with Crippen molar-refractivity contribution in [2.24, 2.45) is 0 Å². The van der Waals surface area contributed by atoms with Crippen LogP contribution in [0.4, 0.5) is 0 Å². The first-order valence-electron chi connectivity index (χ1n) is 8.55. The number of methoxy groups -OCH3 is 1. The summed E-state index contributed by atoms with van der Waals surface area (Å²) >= 11 is 0. The molecule has 0 saturated heterocycles. The van der Waals surface area contributed by atoms with E-state index in [0.29, 0.717) is 43.9 Å². The van der Waals surface area contributed by atoms with Crippen molar-refractivity contribution >= 4 is 11.2 Å². The Hall–Kier alpha value is -1.93. The summed E-state index contributed by atoms with van der Waals surface area (Å²) in [4.78, 5) is 31.5. The van der Waals surface area contributed by atoms with Gasteiger partial charge in [-0.1, -0.05) is 20.3 Å². The molecule has 0 bridgehead atoms. The normalized spacial score (nSPS) is 11.5. The summed E-state index contributed by atoms with van der Waals surface area (Å²) in [6, 6.07) is 0. The molecule has 0 radical (unpaired) electrons. The SMILES string of the molecule is CCCCn1c(=O)[nH]c(=O)c2c1nc(CNCCOC)n2CCC. The number of nitrogens with one attached hydrogen (secondary N) is 2. The maximum Gasteiger partial charge on any atom is 0.330 e. The Morgan fingerprint density at radius 2 is 1.96 bits per heavy atom. The quantitative estimate of drug-likeness (QED) is 0.626. The van der Waals surface area contributed by atoms with Crippen molar-refractivity contribution in [3.63, 3.8) is 0 Å². The smallest absolute Gasteiger partial charge is 0.330 e. The number of nitrogens with zero attached hydrogens (tertiary/aromatic N) is 3. The van der Waals surface area contributed by atoms with E-state index in [9.17, 15) is 9.59 Å². The highest BCUT2D eigenvalue weighted by molar-refractivity contribution is 5.71. The van der Waals surface area contributed by atoms with Crippen molar-refractivity contribution < 1.29 is 4.74 Å². The van der Waals surface area contributed by atoms with Gasteiger partial charge in [0.25, 0.3) is 5.56 Å². The third-order valence-electron chi connectivity index (χ3n) is 3.91. The second kappa shape index (κ2) is 8.79. The summed E-state index contributed by atoms with van der Waals surface area (Å²) in [6.07, 6.45) is 2.71. The van der Waals surface area contributed by atoms with E-state index in [1.54, 1.807) is 11.7 Å². The highest BCUT2D eigenvalue weighted by atomic mass is 16.5. The molecule has 2 N–H and O–H groups in total. The second-order valence-electron chi connectivity index (χ2n) is 5.79. The molecule has 0 amide bonds. The Labute approximate surface area is 140 Å². The number of ether oxygens (including phenoxy) is 1. The van der Waals surface area contributed by atoms with Crippen LogP contribution in [0.5, 0.6) is 0 Å². The van der Waals surface area contributed by atoms with E-state index in [1.807, 2.05) is 4.57 Å². The Morgan fingerprint density at radius 1 is 1.17 bits per heavy atom. The summed E-state index contributed by atoms with van der Waals surface area (Å²) < 4.78 is 8.51. The van der Waals surface area contributed by atoms with Gasteiger partial charge in [0.1, 0.15) is 5.82 Å². The fourth-order valence-corrected chi connectivity index (χ4v) is 2.72. The van der Waals surface area contributed by atoms with Gasteiger partial charge in [-0.3, -0.25) is 14.3 Å². The number of fused-ring (bicyclic) bond motifs is 1. The topological polar surface area (TPSA) is 93.9 Å². The number of hydrogen-bond acceptors (Lipinski definition) is 5. The van der Waals surface area contributed by atoms with Gasteiger partial charge in [-0.25, -0.2) is 9.78 Å². The third kappa shape index (κ3) is 3.93. The fourth-order valence-electron chi connectivity index (χ4n) is 2.72. The molecule has 0 fully saturated rings. The largest absolute Gasteiger partial charge is 0.383 e. The van der Waals surface area contributed by atoms with E-state index in [0.717, 1.165) is 25.1 Å². The zero-order chi connectivity index (χ0) is 17.5. The van der Waals surface area contributed by atoms with E-state index in [-0.39, 0.29) is 11.2 Å². The summed E-state index contributed by atoms with van der Waals surface area (Å²) in [6.45, 7) is 7.19. The maximum absolute atomic E-state index is 12.3.